The number of phenols is 1. The van der Waals surface area contributed by atoms with Crippen molar-refractivity contribution >= 4 is 23.3 Å². The maximum absolute atomic E-state index is 13.1. The predicted octanol–water partition coefficient (Wildman–Crippen LogP) is 4.58. The van der Waals surface area contributed by atoms with Gasteiger partial charge in [0.1, 0.15) is 0 Å². The number of nitrogens with one attached hydrogen (secondary N) is 2. The van der Waals surface area contributed by atoms with Gasteiger partial charge in [0.05, 0.1) is 25.0 Å². The van der Waals surface area contributed by atoms with E-state index in [1.165, 1.54) is 31.4 Å². The number of methoxy groups -OCH3 is 1. The molecule has 0 fully saturated rings. The van der Waals surface area contributed by atoms with E-state index in [0.717, 1.165) is 10.7 Å². The molecule has 0 aliphatic carbocycles. The average Bonchev–Trinajstić information content (AvgIpc) is 3.13. The van der Waals surface area contributed by atoms with E-state index in [2.05, 4.69) is 15.7 Å². The van der Waals surface area contributed by atoms with Crippen molar-refractivity contribution in [2.45, 2.75) is 12.7 Å². The number of ether oxygens (including phenoxy) is 1. The number of aromatic hydroxyl groups is 1. The summed E-state index contributed by atoms with van der Waals surface area (Å²) in [6.07, 6.45) is -4.65. The third-order valence-electron chi connectivity index (χ3n) is 3.99. The summed E-state index contributed by atoms with van der Waals surface area (Å²) >= 11 is 5.93. The molecule has 0 unspecified atom stereocenters. The van der Waals surface area contributed by atoms with Crippen LogP contribution in [-0.4, -0.2) is 28.0 Å². The Balaban J connectivity index is 1.78. The number of carbonyl (C=O) groups excluding carboxylic acids is 1. The molecule has 11 heteroatoms. The minimum absolute atomic E-state index is 0.100. The highest BCUT2D eigenvalue weighted by atomic mass is 35.5. The zero-order valence-electron chi connectivity index (χ0n) is 15.5. The van der Waals surface area contributed by atoms with Crippen molar-refractivity contribution in [2.75, 3.05) is 12.4 Å². The van der Waals surface area contributed by atoms with Crippen LogP contribution in [0.5, 0.6) is 11.5 Å². The predicted molar refractivity (Wildman–Crippen MR) is 104 cm³/mol. The van der Waals surface area contributed by atoms with Crippen LogP contribution in [0, 0.1) is 0 Å². The molecule has 30 heavy (non-hydrogen) atoms. The summed E-state index contributed by atoms with van der Waals surface area (Å²) < 4.78 is 45.4. The van der Waals surface area contributed by atoms with E-state index < -0.39 is 17.9 Å². The standard InChI is InChI=1S/C19H16ClF3N4O3/c1-30-16-8-12(5-6-15(16)28)25-18(29)24-10-14-9-17(19(21,22)23)26-27(14)13-4-2-3-11(20)7-13/h2-9,28H,10H2,1H3,(H2,24,25,29). The summed E-state index contributed by atoms with van der Waals surface area (Å²) in [7, 11) is 1.36. The molecule has 0 saturated heterocycles. The molecule has 1 heterocycles. The number of nitrogens with zero attached hydrogens (tertiary/aromatic N) is 2. The molecule has 0 radical (unpaired) electrons. The van der Waals surface area contributed by atoms with Gasteiger partial charge in [0.2, 0.25) is 0 Å². The van der Waals surface area contributed by atoms with Crippen LogP contribution in [0.3, 0.4) is 0 Å². The smallest absolute Gasteiger partial charge is 0.435 e. The third kappa shape index (κ3) is 4.95. The van der Waals surface area contributed by atoms with Crippen LogP contribution in [-0.2, 0) is 12.7 Å². The summed E-state index contributed by atoms with van der Waals surface area (Å²) in [5.74, 6) is 0.0511. The maximum Gasteiger partial charge on any atom is 0.435 e. The van der Waals surface area contributed by atoms with Crippen LogP contribution in [0.15, 0.2) is 48.5 Å². The topological polar surface area (TPSA) is 88.4 Å². The number of hydrogen-bond donors (Lipinski definition) is 3. The van der Waals surface area contributed by atoms with E-state index in [4.69, 9.17) is 16.3 Å². The minimum Gasteiger partial charge on any atom is -0.504 e. The second kappa shape index (κ2) is 8.54. The summed E-state index contributed by atoms with van der Waals surface area (Å²) in [5, 5.41) is 18.5. The van der Waals surface area contributed by atoms with Gasteiger partial charge in [-0.25, -0.2) is 9.48 Å². The highest BCUT2D eigenvalue weighted by Crippen LogP contribution is 2.30. The number of benzene rings is 2. The van der Waals surface area contributed by atoms with Crippen molar-refractivity contribution in [2.24, 2.45) is 0 Å². The molecular weight excluding hydrogens is 425 g/mol. The molecule has 158 valence electrons. The summed E-state index contributed by atoms with van der Waals surface area (Å²) in [6, 6.07) is 10.5. The summed E-state index contributed by atoms with van der Waals surface area (Å²) in [6.45, 7) is -0.239. The average molecular weight is 441 g/mol. The fourth-order valence-electron chi connectivity index (χ4n) is 2.62. The lowest BCUT2D eigenvalue weighted by molar-refractivity contribution is -0.141. The Morgan fingerprint density at radius 1 is 1.23 bits per heavy atom. The van der Waals surface area contributed by atoms with Gasteiger partial charge in [-0.05, 0) is 36.4 Å². The van der Waals surface area contributed by atoms with Gasteiger partial charge >= 0.3 is 12.2 Å². The quantitative estimate of drug-likeness (QED) is 0.507. The first-order valence-electron chi connectivity index (χ1n) is 8.51. The summed E-state index contributed by atoms with van der Waals surface area (Å²) in [5.41, 5.74) is -0.356. The van der Waals surface area contributed by atoms with Crippen molar-refractivity contribution in [1.82, 2.24) is 15.1 Å². The zero-order valence-corrected chi connectivity index (χ0v) is 16.3. The minimum atomic E-state index is -4.65. The molecule has 0 atom stereocenters. The van der Waals surface area contributed by atoms with Gasteiger partial charge in [0.15, 0.2) is 17.2 Å². The van der Waals surface area contributed by atoms with Gasteiger partial charge in [-0.2, -0.15) is 18.3 Å². The van der Waals surface area contributed by atoms with E-state index >= 15 is 0 Å². The van der Waals surface area contributed by atoms with Gasteiger partial charge in [-0.3, -0.25) is 0 Å². The van der Waals surface area contributed by atoms with Gasteiger partial charge in [0, 0.05) is 16.8 Å². The molecule has 0 aliphatic heterocycles. The van der Waals surface area contributed by atoms with Gasteiger partial charge < -0.3 is 20.5 Å². The number of phenolic OH excluding ortho intramolecular Hbond substituents is 1. The molecule has 1 aromatic heterocycles. The SMILES string of the molecule is COc1cc(NC(=O)NCc2cc(C(F)(F)F)nn2-c2cccc(Cl)c2)ccc1O. The number of carbonyl (C=O) groups is 1. The number of aromatic nitrogens is 2. The second-order valence-corrected chi connectivity index (χ2v) is 6.54. The van der Waals surface area contributed by atoms with Crippen molar-refractivity contribution in [3.05, 3.63) is 64.9 Å². The van der Waals surface area contributed by atoms with Crippen LogP contribution in [0.25, 0.3) is 5.69 Å². The van der Waals surface area contributed by atoms with E-state index in [9.17, 15) is 23.1 Å². The molecule has 3 rings (SSSR count). The number of urea groups is 1. The fourth-order valence-corrected chi connectivity index (χ4v) is 2.80. The lowest BCUT2D eigenvalue weighted by Crippen LogP contribution is -2.29. The molecule has 3 N–H and O–H groups in total. The molecule has 2 amide bonds. The zero-order chi connectivity index (χ0) is 21.9. The number of anilines is 1. The van der Waals surface area contributed by atoms with E-state index in [-0.39, 0.29) is 23.7 Å². The Bertz CT molecular complexity index is 1070. The Morgan fingerprint density at radius 3 is 2.67 bits per heavy atom. The molecule has 3 aromatic rings. The molecule has 0 spiro atoms. The van der Waals surface area contributed by atoms with Crippen molar-refractivity contribution in [1.29, 1.82) is 0 Å². The highest BCUT2D eigenvalue weighted by Gasteiger charge is 2.35. The van der Waals surface area contributed by atoms with E-state index in [1.54, 1.807) is 18.2 Å². The number of hydrogen-bond acceptors (Lipinski definition) is 4. The highest BCUT2D eigenvalue weighted by molar-refractivity contribution is 6.30. The van der Waals surface area contributed by atoms with Crippen LogP contribution in [0.4, 0.5) is 23.7 Å². The van der Waals surface area contributed by atoms with Crippen molar-refractivity contribution in [3.63, 3.8) is 0 Å². The first-order valence-corrected chi connectivity index (χ1v) is 8.89. The molecule has 0 saturated carbocycles. The second-order valence-electron chi connectivity index (χ2n) is 6.10. The molecular formula is C19H16ClF3N4O3. The Hall–Kier alpha value is -3.40. The molecule has 7 nitrogen and oxygen atoms in total. The van der Waals surface area contributed by atoms with Crippen molar-refractivity contribution < 1.29 is 27.8 Å². The van der Waals surface area contributed by atoms with Crippen molar-refractivity contribution in [3.8, 4) is 17.2 Å². The van der Waals surface area contributed by atoms with Gasteiger partial charge in [0.25, 0.3) is 0 Å². The van der Waals surface area contributed by atoms with Crippen LogP contribution in [0.1, 0.15) is 11.4 Å². The van der Waals surface area contributed by atoms with Gasteiger partial charge in [-0.1, -0.05) is 17.7 Å². The first-order chi connectivity index (χ1) is 14.2. The Morgan fingerprint density at radius 2 is 2.00 bits per heavy atom. The number of alkyl halides is 3. The largest absolute Gasteiger partial charge is 0.504 e. The molecule has 0 aliphatic rings. The van der Waals surface area contributed by atoms with Crippen LogP contribution < -0.4 is 15.4 Å². The fraction of sp³-hybridized carbons (Fsp3) is 0.158. The lowest BCUT2D eigenvalue weighted by atomic mass is 10.3. The monoisotopic (exact) mass is 440 g/mol. The van der Waals surface area contributed by atoms with Crippen LogP contribution >= 0.6 is 11.6 Å². The maximum atomic E-state index is 13.1. The number of amides is 2. The van der Waals surface area contributed by atoms with Gasteiger partial charge in [-0.15, -0.1) is 0 Å². The summed E-state index contributed by atoms with van der Waals surface area (Å²) in [4.78, 5) is 12.2. The molecule has 0 bridgehead atoms. The first kappa shape index (κ1) is 21.3. The normalized spacial score (nSPS) is 11.2. The Kier molecular flexibility index (Phi) is 6.06. The van der Waals surface area contributed by atoms with E-state index in [0.29, 0.717) is 16.4 Å². The molecule has 2 aromatic carbocycles. The lowest BCUT2D eigenvalue weighted by Gasteiger charge is -2.11. The van der Waals surface area contributed by atoms with E-state index in [1.807, 2.05) is 0 Å². The third-order valence-corrected chi connectivity index (χ3v) is 4.23. The number of halogens is 4. The number of rotatable bonds is 5. The Labute approximate surface area is 174 Å². The van der Waals surface area contributed by atoms with Crippen LogP contribution in [0.2, 0.25) is 5.02 Å².